The maximum absolute atomic E-state index is 4.45. The number of rotatable bonds is 2. The third-order valence-corrected chi connectivity index (χ3v) is 2.33. The lowest BCUT2D eigenvalue weighted by molar-refractivity contribution is 0.402. The van der Waals surface area contributed by atoms with E-state index in [1.165, 1.54) is 11.3 Å². The normalized spacial score (nSPS) is 12.9. The summed E-state index contributed by atoms with van der Waals surface area (Å²) in [5, 5.41) is 0. The summed E-state index contributed by atoms with van der Waals surface area (Å²) in [7, 11) is 0. The van der Waals surface area contributed by atoms with E-state index in [4.69, 9.17) is 0 Å². The van der Waals surface area contributed by atoms with E-state index in [-0.39, 0.29) is 0 Å². The van der Waals surface area contributed by atoms with E-state index in [2.05, 4.69) is 58.7 Å². The average Bonchev–Trinajstić information content (AvgIpc) is 1.96. The Kier molecular flexibility index (Phi) is 3.77. The third-order valence-electron chi connectivity index (χ3n) is 2.33. The molecule has 0 aliphatic carbocycles. The highest BCUT2D eigenvalue weighted by molar-refractivity contribution is 5.18. The highest BCUT2D eigenvalue weighted by Gasteiger charge is 2.14. The molecule has 1 heterocycles. The molecule has 0 aliphatic rings. The zero-order chi connectivity index (χ0) is 12.4. The van der Waals surface area contributed by atoms with Crippen LogP contribution in [0.15, 0.2) is 18.3 Å². The number of hydrogen-bond donors (Lipinski definition) is 0. The van der Waals surface area contributed by atoms with E-state index in [1.807, 2.05) is 6.20 Å². The molecule has 0 spiro atoms. The van der Waals surface area contributed by atoms with Gasteiger partial charge in [0.05, 0.1) is 0 Å². The fraction of sp³-hybridized carbons (Fsp3) is 0.667. The van der Waals surface area contributed by atoms with Gasteiger partial charge in [-0.05, 0) is 41.4 Å². The molecule has 0 aliphatic heterocycles. The minimum atomic E-state index is 0.313. The molecular weight excluding hydrogens is 194 g/mol. The minimum absolute atomic E-state index is 0.313. The molecule has 1 aromatic rings. The average molecular weight is 219 g/mol. The Morgan fingerprint density at radius 3 is 2.00 bits per heavy atom. The Morgan fingerprint density at radius 1 is 0.938 bits per heavy atom. The third kappa shape index (κ3) is 5.29. The molecule has 0 radical (unpaired) electrons. The van der Waals surface area contributed by atoms with Gasteiger partial charge >= 0.3 is 0 Å². The fourth-order valence-corrected chi connectivity index (χ4v) is 1.89. The highest BCUT2D eigenvalue weighted by atomic mass is 14.7. The van der Waals surface area contributed by atoms with Crippen LogP contribution in [0, 0.1) is 10.8 Å². The lowest BCUT2D eigenvalue weighted by atomic mass is 9.86. The molecule has 0 aromatic carbocycles. The Bertz CT molecular complexity index is 308. The molecule has 1 nitrogen and oxygen atoms in total. The Balaban J connectivity index is 2.79. The second kappa shape index (κ2) is 4.57. The first kappa shape index (κ1) is 13.2. The first-order valence-electron chi connectivity index (χ1n) is 6.10. The van der Waals surface area contributed by atoms with Crippen molar-refractivity contribution in [2.75, 3.05) is 0 Å². The topological polar surface area (TPSA) is 12.9 Å². The molecule has 0 saturated heterocycles. The molecule has 0 N–H and O–H groups in total. The number of hydrogen-bond acceptors (Lipinski definition) is 1. The molecule has 1 heteroatoms. The molecule has 0 unspecified atom stereocenters. The molecule has 1 aromatic heterocycles. The zero-order valence-corrected chi connectivity index (χ0v) is 11.6. The van der Waals surface area contributed by atoms with Gasteiger partial charge in [0.2, 0.25) is 0 Å². The lowest BCUT2D eigenvalue weighted by Gasteiger charge is -2.20. The second-order valence-electron chi connectivity index (χ2n) is 7.13. The first-order valence-corrected chi connectivity index (χ1v) is 6.10. The molecule has 1 rings (SSSR count). The van der Waals surface area contributed by atoms with E-state index in [0.29, 0.717) is 10.8 Å². The maximum Gasteiger partial charge on any atom is 0.0411 e. The van der Waals surface area contributed by atoms with Crippen molar-refractivity contribution < 1.29 is 0 Å². The quantitative estimate of drug-likeness (QED) is 0.724. The standard InChI is InChI=1S/C15H25N/c1-14(2,3)10-12-7-8-16-13(9-12)11-15(4,5)6/h7-9H,10-11H2,1-6H3. The highest BCUT2D eigenvalue weighted by Crippen LogP contribution is 2.23. The van der Waals surface area contributed by atoms with Crippen molar-refractivity contribution in [3.05, 3.63) is 29.6 Å². The molecule has 0 atom stereocenters. The smallest absolute Gasteiger partial charge is 0.0411 e. The number of pyridine rings is 1. The van der Waals surface area contributed by atoms with Gasteiger partial charge in [-0.15, -0.1) is 0 Å². The van der Waals surface area contributed by atoms with Gasteiger partial charge in [0.1, 0.15) is 0 Å². The summed E-state index contributed by atoms with van der Waals surface area (Å²) in [6, 6.07) is 4.40. The van der Waals surface area contributed by atoms with Crippen LogP contribution in [0.2, 0.25) is 0 Å². The predicted molar refractivity (Wildman–Crippen MR) is 70.6 cm³/mol. The van der Waals surface area contributed by atoms with Gasteiger partial charge in [0.25, 0.3) is 0 Å². The second-order valence-corrected chi connectivity index (χ2v) is 7.13. The van der Waals surface area contributed by atoms with Crippen LogP contribution < -0.4 is 0 Å². The van der Waals surface area contributed by atoms with Crippen LogP contribution in [0.25, 0.3) is 0 Å². The van der Waals surface area contributed by atoms with E-state index >= 15 is 0 Å². The molecule has 0 fully saturated rings. The van der Waals surface area contributed by atoms with Gasteiger partial charge in [0, 0.05) is 11.9 Å². The molecule has 0 bridgehead atoms. The van der Waals surface area contributed by atoms with Gasteiger partial charge in [-0.3, -0.25) is 4.98 Å². The summed E-state index contributed by atoms with van der Waals surface area (Å²) in [6.45, 7) is 13.6. The van der Waals surface area contributed by atoms with E-state index in [1.54, 1.807) is 0 Å². The monoisotopic (exact) mass is 219 g/mol. The van der Waals surface area contributed by atoms with Gasteiger partial charge < -0.3 is 0 Å². The SMILES string of the molecule is CC(C)(C)Cc1ccnc(CC(C)(C)C)c1. The van der Waals surface area contributed by atoms with Gasteiger partial charge in [0.15, 0.2) is 0 Å². The van der Waals surface area contributed by atoms with Gasteiger partial charge in [-0.25, -0.2) is 0 Å². The van der Waals surface area contributed by atoms with Crippen molar-refractivity contribution in [3.8, 4) is 0 Å². The first-order chi connectivity index (χ1) is 7.16. The van der Waals surface area contributed by atoms with Gasteiger partial charge in [-0.2, -0.15) is 0 Å². The van der Waals surface area contributed by atoms with Crippen LogP contribution in [0.5, 0.6) is 0 Å². The summed E-state index contributed by atoms with van der Waals surface area (Å²) < 4.78 is 0. The number of aromatic nitrogens is 1. The largest absolute Gasteiger partial charge is 0.261 e. The van der Waals surface area contributed by atoms with Crippen molar-refractivity contribution in [1.29, 1.82) is 0 Å². The lowest BCUT2D eigenvalue weighted by Crippen LogP contribution is -2.12. The van der Waals surface area contributed by atoms with Crippen LogP contribution in [0.1, 0.15) is 52.8 Å². The Morgan fingerprint density at radius 2 is 1.50 bits per heavy atom. The maximum atomic E-state index is 4.45. The van der Waals surface area contributed by atoms with E-state index in [9.17, 15) is 0 Å². The Labute approximate surface area is 100 Å². The summed E-state index contributed by atoms with van der Waals surface area (Å²) >= 11 is 0. The zero-order valence-electron chi connectivity index (χ0n) is 11.6. The van der Waals surface area contributed by atoms with E-state index < -0.39 is 0 Å². The number of nitrogens with zero attached hydrogens (tertiary/aromatic N) is 1. The summed E-state index contributed by atoms with van der Waals surface area (Å²) in [6.07, 6.45) is 4.11. The van der Waals surface area contributed by atoms with Crippen molar-refractivity contribution >= 4 is 0 Å². The van der Waals surface area contributed by atoms with Crippen molar-refractivity contribution in [2.24, 2.45) is 10.8 Å². The molecular formula is C15H25N. The molecule has 0 amide bonds. The molecule has 0 saturated carbocycles. The van der Waals surface area contributed by atoms with Gasteiger partial charge in [-0.1, -0.05) is 41.5 Å². The summed E-state index contributed by atoms with van der Waals surface area (Å²) in [4.78, 5) is 4.45. The van der Waals surface area contributed by atoms with E-state index in [0.717, 1.165) is 12.8 Å². The van der Waals surface area contributed by atoms with Crippen molar-refractivity contribution in [3.63, 3.8) is 0 Å². The van der Waals surface area contributed by atoms with Crippen LogP contribution in [-0.4, -0.2) is 4.98 Å². The van der Waals surface area contributed by atoms with Crippen molar-refractivity contribution in [1.82, 2.24) is 4.98 Å². The van der Waals surface area contributed by atoms with Crippen LogP contribution >= 0.6 is 0 Å². The Hall–Kier alpha value is -0.850. The minimum Gasteiger partial charge on any atom is -0.261 e. The summed E-state index contributed by atoms with van der Waals surface area (Å²) in [5.41, 5.74) is 3.28. The van der Waals surface area contributed by atoms with Crippen LogP contribution in [-0.2, 0) is 12.8 Å². The fourth-order valence-electron chi connectivity index (χ4n) is 1.89. The van der Waals surface area contributed by atoms with Crippen molar-refractivity contribution in [2.45, 2.75) is 54.4 Å². The molecule has 90 valence electrons. The van der Waals surface area contributed by atoms with Crippen LogP contribution in [0.4, 0.5) is 0 Å². The molecule has 16 heavy (non-hydrogen) atoms. The van der Waals surface area contributed by atoms with Crippen LogP contribution in [0.3, 0.4) is 0 Å². The summed E-state index contributed by atoms with van der Waals surface area (Å²) in [5.74, 6) is 0. The predicted octanol–water partition coefficient (Wildman–Crippen LogP) is 4.26.